The van der Waals surface area contributed by atoms with Crippen LogP contribution in [0.25, 0.3) is 0 Å². The van der Waals surface area contributed by atoms with Crippen LogP contribution in [-0.2, 0) is 9.53 Å². The number of nitrogens with zero attached hydrogens (tertiary/aromatic N) is 2. The molecule has 0 saturated heterocycles. The van der Waals surface area contributed by atoms with Gasteiger partial charge in [-0.25, -0.2) is 9.79 Å². The van der Waals surface area contributed by atoms with Crippen LogP contribution >= 0.6 is 0 Å². The van der Waals surface area contributed by atoms with E-state index < -0.39 is 0 Å². The minimum atomic E-state index is 0.119. The van der Waals surface area contributed by atoms with Gasteiger partial charge >= 0.3 is 0 Å². The van der Waals surface area contributed by atoms with Gasteiger partial charge in [0, 0.05) is 0 Å². The van der Waals surface area contributed by atoms with Crippen molar-refractivity contribution in [3.8, 4) is 6.26 Å². The molecule has 16 heavy (non-hydrogen) atoms. The van der Waals surface area contributed by atoms with Crippen molar-refractivity contribution in [3.63, 3.8) is 0 Å². The second-order valence-corrected chi connectivity index (χ2v) is 4.26. The van der Waals surface area contributed by atoms with E-state index in [2.05, 4.69) is 4.99 Å². The molecule has 2 unspecified atom stereocenters. The summed E-state index contributed by atoms with van der Waals surface area (Å²) in [6, 6.07) is 0. The molecular weight excluding hydrogens is 204 g/mol. The number of hydrogen-bond acceptors (Lipinski definition) is 4. The topological polar surface area (TPSA) is 62.4 Å². The largest absolute Gasteiger partial charge is 0.424 e. The van der Waals surface area contributed by atoms with Crippen LogP contribution in [0.3, 0.4) is 0 Å². The van der Waals surface area contributed by atoms with Gasteiger partial charge in [0.1, 0.15) is 6.10 Å². The summed E-state index contributed by atoms with van der Waals surface area (Å²) in [4.78, 5) is 13.4. The molecule has 0 radical (unpaired) electrons. The molecule has 1 aliphatic carbocycles. The Labute approximate surface area is 96.3 Å². The SMILES string of the molecule is N#COC1CCCCC1CCCCN=C=O. The lowest BCUT2D eigenvalue weighted by Gasteiger charge is -2.29. The lowest BCUT2D eigenvalue weighted by molar-refractivity contribution is 0.0585. The normalized spacial score (nSPS) is 24.2. The van der Waals surface area contributed by atoms with Crippen LogP contribution < -0.4 is 0 Å². The molecule has 0 N–H and O–H groups in total. The summed E-state index contributed by atoms with van der Waals surface area (Å²) < 4.78 is 5.09. The molecule has 0 bridgehead atoms. The first-order valence-corrected chi connectivity index (χ1v) is 5.97. The highest BCUT2D eigenvalue weighted by Gasteiger charge is 2.25. The first-order chi connectivity index (χ1) is 7.88. The van der Waals surface area contributed by atoms with E-state index in [1.165, 1.54) is 6.42 Å². The van der Waals surface area contributed by atoms with E-state index >= 15 is 0 Å². The van der Waals surface area contributed by atoms with E-state index in [0.29, 0.717) is 12.5 Å². The minimum Gasteiger partial charge on any atom is -0.424 e. The zero-order valence-electron chi connectivity index (χ0n) is 9.52. The minimum absolute atomic E-state index is 0.119. The number of rotatable bonds is 6. The predicted molar refractivity (Wildman–Crippen MR) is 59.3 cm³/mol. The number of aliphatic imine (C=N–C) groups is 1. The number of carbonyl (C=O) groups excluding carboxylic acids is 1. The van der Waals surface area contributed by atoms with Crippen molar-refractivity contribution >= 4 is 6.08 Å². The summed E-state index contributed by atoms with van der Waals surface area (Å²) in [7, 11) is 0. The Bertz CT molecular complexity index is 279. The van der Waals surface area contributed by atoms with Gasteiger partial charge in [0.15, 0.2) is 0 Å². The molecule has 0 aromatic carbocycles. The van der Waals surface area contributed by atoms with Gasteiger partial charge in [0.05, 0.1) is 6.54 Å². The van der Waals surface area contributed by atoms with E-state index in [1.54, 1.807) is 6.08 Å². The molecule has 0 aromatic rings. The monoisotopic (exact) mass is 222 g/mol. The summed E-state index contributed by atoms with van der Waals surface area (Å²) >= 11 is 0. The molecule has 2 atom stereocenters. The van der Waals surface area contributed by atoms with E-state index in [4.69, 9.17) is 10.00 Å². The van der Waals surface area contributed by atoms with E-state index in [1.807, 2.05) is 6.26 Å². The van der Waals surface area contributed by atoms with Gasteiger partial charge in [0.25, 0.3) is 6.26 Å². The van der Waals surface area contributed by atoms with Crippen molar-refractivity contribution in [3.05, 3.63) is 0 Å². The highest BCUT2D eigenvalue weighted by atomic mass is 16.5. The van der Waals surface area contributed by atoms with Crippen LogP contribution in [0, 0.1) is 17.4 Å². The molecule has 88 valence electrons. The fourth-order valence-electron chi connectivity index (χ4n) is 2.37. The molecule has 0 aromatic heterocycles. The third-order valence-corrected chi connectivity index (χ3v) is 3.20. The van der Waals surface area contributed by atoms with Crippen molar-refractivity contribution in [1.29, 1.82) is 5.26 Å². The smallest absolute Gasteiger partial charge is 0.286 e. The second kappa shape index (κ2) is 7.90. The Morgan fingerprint density at radius 2 is 2.12 bits per heavy atom. The molecule has 1 fully saturated rings. The van der Waals surface area contributed by atoms with Crippen LogP contribution in [0.15, 0.2) is 4.99 Å². The third-order valence-electron chi connectivity index (χ3n) is 3.20. The van der Waals surface area contributed by atoms with Gasteiger partial charge in [-0.3, -0.25) is 0 Å². The van der Waals surface area contributed by atoms with Gasteiger partial charge in [-0.15, -0.1) is 0 Å². The zero-order valence-corrected chi connectivity index (χ0v) is 9.52. The fraction of sp³-hybridized carbons (Fsp3) is 0.833. The molecule has 4 heteroatoms. The molecule has 0 aliphatic heterocycles. The maximum atomic E-state index is 9.86. The molecule has 1 saturated carbocycles. The van der Waals surface area contributed by atoms with Crippen molar-refractivity contribution in [2.24, 2.45) is 10.9 Å². The van der Waals surface area contributed by atoms with Crippen LogP contribution in [0.4, 0.5) is 0 Å². The first-order valence-electron chi connectivity index (χ1n) is 5.97. The zero-order chi connectivity index (χ0) is 11.6. The number of nitriles is 1. The maximum absolute atomic E-state index is 9.86. The highest BCUT2D eigenvalue weighted by Crippen LogP contribution is 2.30. The molecule has 0 amide bonds. The van der Waals surface area contributed by atoms with E-state index in [-0.39, 0.29) is 6.10 Å². The van der Waals surface area contributed by atoms with Crippen LogP contribution in [-0.4, -0.2) is 18.7 Å². The average Bonchev–Trinajstić information content (AvgIpc) is 2.31. The van der Waals surface area contributed by atoms with Gasteiger partial charge in [0.2, 0.25) is 6.08 Å². The second-order valence-electron chi connectivity index (χ2n) is 4.26. The van der Waals surface area contributed by atoms with Gasteiger partial charge < -0.3 is 4.74 Å². The Balaban J connectivity index is 2.21. The van der Waals surface area contributed by atoms with Crippen molar-refractivity contribution in [2.75, 3.05) is 6.54 Å². The molecule has 0 spiro atoms. The Kier molecular flexibility index (Phi) is 6.29. The lowest BCUT2D eigenvalue weighted by Crippen LogP contribution is -2.26. The Morgan fingerprint density at radius 3 is 2.88 bits per heavy atom. The maximum Gasteiger partial charge on any atom is 0.286 e. The van der Waals surface area contributed by atoms with Crippen LogP contribution in [0.2, 0.25) is 0 Å². The number of isocyanates is 1. The molecule has 1 aliphatic rings. The summed E-state index contributed by atoms with van der Waals surface area (Å²) in [5.74, 6) is 0.508. The standard InChI is InChI=1S/C12H18N2O2/c13-9-16-12-7-2-1-5-11(12)6-3-4-8-14-10-15/h11-12H,1-8H2. The quantitative estimate of drug-likeness (QED) is 0.300. The number of unbranched alkanes of at least 4 members (excludes halogenated alkanes) is 1. The predicted octanol–water partition coefficient (Wildman–Crippen LogP) is 2.55. The fourth-order valence-corrected chi connectivity index (χ4v) is 2.37. The molecule has 0 heterocycles. The molecule has 1 rings (SSSR count). The summed E-state index contributed by atoms with van der Waals surface area (Å²) in [5, 5.41) is 8.55. The molecular formula is C12H18N2O2. The Hall–Kier alpha value is -1.33. The summed E-state index contributed by atoms with van der Waals surface area (Å²) in [6.45, 7) is 0.569. The van der Waals surface area contributed by atoms with Crippen molar-refractivity contribution in [2.45, 2.75) is 51.0 Å². The van der Waals surface area contributed by atoms with Gasteiger partial charge in [-0.1, -0.05) is 12.8 Å². The van der Waals surface area contributed by atoms with Crippen molar-refractivity contribution < 1.29 is 9.53 Å². The van der Waals surface area contributed by atoms with Crippen LogP contribution in [0.5, 0.6) is 0 Å². The third kappa shape index (κ3) is 4.46. The van der Waals surface area contributed by atoms with E-state index in [9.17, 15) is 4.79 Å². The number of hydrogen-bond donors (Lipinski definition) is 0. The van der Waals surface area contributed by atoms with Gasteiger partial charge in [-0.2, -0.15) is 5.26 Å². The average molecular weight is 222 g/mol. The Morgan fingerprint density at radius 1 is 1.31 bits per heavy atom. The first kappa shape index (κ1) is 12.7. The van der Waals surface area contributed by atoms with Crippen molar-refractivity contribution in [1.82, 2.24) is 0 Å². The molecule has 4 nitrogen and oxygen atoms in total. The van der Waals surface area contributed by atoms with Gasteiger partial charge in [-0.05, 0) is 38.0 Å². The van der Waals surface area contributed by atoms with Crippen LogP contribution in [0.1, 0.15) is 44.9 Å². The summed E-state index contributed by atoms with van der Waals surface area (Å²) in [5.41, 5.74) is 0. The number of ether oxygens (including phenoxy) is 1. The highest BCUT2D eigenvalue weighted by molar-refractivity contribution is 5.32. The van der Waals surface area contributed by atoms with E-state index in [0.717, 1.165) is 38.5 Å². The lowest BCUT2D eigenvalue weighted by atomic mass is 9.83. The summed E-state index contributed by atoms with van der Waals surface area (Å²) in [6.07, 6.45) is 11.1.